The summed E-state index contributed by atoms with van der Waals surface area (Å²) in [5.41, 5.74) is 5.53. The molecule has 3 N–H and O–H groups in total. The van der Waals surface area contributed by atoms with Crippen LogP contribution in [-0.4, -0.2) is 15.9 Å². The van der Waals surface area contributed by atoms with Crippen LogP contribution in [0, 0.1) is 0 Å². The molecule has 0 radical (unpaired) electrons. The maximum absolute atomic E-state index is 10.5. The predicted octanol–water partition coefficient (Wildman–Crippen LogP) is 1.90. The summed E-state index contributed by atoms with van der Waals surface area (Å²) < 4.78 is 0. The lowest BCUT2D eigenvalue weighted by molar-refractivity contribution is -0.113. The molecular weight excluding hydrogens is 214 g/mol. The Hall–Kier alpha value is -1.29. The van der Waals surface area contributed by atoms with E-state index in [9.17, 15) is 4.79 Å². The quantitative estimate of drug-likeness (QED) is 0.755. The highest BCUT2D eigenvalue weighted by Gasteiger charge is 2.04. The second-order valence-electron chi connectivity index (χ2n) is 3.22. The standard InChI is InChI=1S/C10H14ClN3O/c1-2-3-4-9-13-7(10(11)14-9)5-6-8(12)15/h5-6H,2-4H2,1H3,(H2,12,15)(H,13,14). The smallest absolute Gasteiger partial charge is 0.241 e. The van der Waals surface area contributed by atoms with Crippen LogP contribution >= 0.6 is 11.6 Å². The number of unbranched alkanes of at least 4 members (excludes halogenated alkanes) is 1. The van der Waals surface area contributed by atoms with Crippen LogP contribution in [0.25, 0.3) is 6.08 Å². The zero-order valence-electron chi connectivity index (χ0n) is 8.59. The van der Waals surface area contributed by atoms with Crippen molar-refractivity contribution in [1.29, 1.82) is 0 Å². The first-order valence-electron chi connectivity index (χ1n) is 4.85. The van der Waals surface area contributed by atoms with Gasteiger partial charge in [-0.3, -0.25) is 4.79 Å². The maximum atomic E-state index is 10.5. The average Bonchev–Trinajstić information content (AvgIpc) is 2.53. The van der Waals surface area contributed by atoms with Gasteiger partial charge in [0.05, 0.1) is 0 Å². The zero-order valence-corrected chi connectivity index (χ0v) is 9.34. The van der Waals surface area contributed by atoms with Crippen LogP contribution < -0.4 is 5.73 Å². The summed E-state index contributed by atoms with van der Waals surface area (Å²) in [7, 11) is 0. The Morgan fingerprint density at radius 1 is 1.67 bits per heavy atom. The van der Waals surface area contributed by atoms with E-state index in [1.165, 1.54) is 12.2 Å². The van der Waals surface area contributed by atoms with Crippen LogP contribution in [0.2, 0.25) is 5.15 Å². The molecule has 0 aliphatic rings. The van der Waals surface area contributed by atoms with Gasteiger partial charge < -0.3 is 10.7 Å². The molecule has 0 fully saturated rings. The van der Waals surface area contributed by atoms with Crippen molar-refractivity contribution in [3.8, 4) is 0 Å². The molecule has 0 unspecified atom stereocenters. The molecule has 0 aromatic carbocycles. The first-order valence-corrected chi connectivity index (χ1v) is 5.23. The van der Waals surface area contributed by atoms with Crippen molar-refractivity contribution in [3.63, 3.8) is 0 Å². The van der Waals surface area contributed by atoms with E-state index in [2.05, 4.69) is 16.9 Å². The largest absolute Gasteiger partial charge is 0.366 e. The van der Waals surface area contributed by atoms with E-state index < -0.39 is 5.91 Å². The number of carbonyl (C=O) groups is 1. The number of imidazole rings is 1. The Kier molecular flexibility index (Phi) is 4.37. The van der Waals surface area contributed by atoms with Gasteiger partial charge in [0.15, 0.2) is 0 Å². The van der Waals surface area contributed by atoms with Crippen molar-refractivity contribution >= 4 is 23.6 Å². The molecule has 0 spiro atoms. The lowest BCUT2D eigenvalue weighted by Gasteiger charge is -1.90. The van der Waals surface area contributed by atoms with Crippen molar-refractivity contribution < 1.29 is 4.79 Å². The van der Waals surface area contributed by atoms with Crippen LogP contribution in [0.15, 0.2) is 6.08 Å². The SMILES string of the molecule is CCCCc1nc(C=CC(N)=O)c(Cl)[nH]1. The summed E-state index contributed by atoms with van der Waals surface area (Å²) in [6.45, 7) is 2.11. The third-order valence-electron chi connectivity index (χ3n) is 1.91. The van der Waals surface area contributed by atoms with Crippen LogP contribution in [0.5, 0.6) is 0 Å². The summed E-state index contributed by atoms with van der Waals surface area (Å²) in [5, 5.41) is 0.443. The fraction of sp³-hybridized carbons (Fsp3) is 0.400. The highest BCUT2D eigenvalue weighted by molar-refractivity contribution is 6.30. The minimum atomic E-state index is -0.510. The topological polar surface area (TPSA) is 71.8 Å². The fourth-order valence-corrected chi connectivity index (χ4v) is 1.36. The number of nitrogens with zero attached hydrogens (tertiary/aromatic N) is 1. The van der Waals surface area contributed by atoms with Crippen molar-refractivity contribution in [3.05, 3.63) is 22.7 Å². The lowest BCUT2D eigenvalue weighted by atomic mass is 10.2. The van der Waals surface area contributed by atoms with Gasteiger partial charge in [0.1, 0.15) is 16.7 Å². The molecule has 82 valence electrons. The number of carbonyl (C=O) groups excluding carboxylic acids is 1. The molecule has 0 saturated carbocycles. The Labute approximate surface area is 93.5 Å². The van der Waals surface area contributed by atoms with E-state index in [1.54, 1.807) is 0 Å². The number of aryl methyl sites for hydroxylation is 1. The molecule has 0 aliphatic carbocycles. The second kappa shape index (κ2) is 5.56. The normalized spacial score (nSPS) is 11.1. The van der Waals surface area contributed by atoms with Crippen molar-refractivity contribution in [2.45, 2.75) is 26.2 Å². The summed E-state index contributed by atoms with van der Waals surface area (Å²) in [5.74, 6) is 0.329. The monoisotopic (exact) mass is 227 g/mol. The fourth-order valence-electron chi connectivity index (χ4n) is 1.15. The molecule has 1 rings (SSSR count). The Morgan fingerprint density at radius 2 is 2.40 bits per heavy atom. The van der Waals surface area contributed by atoms with Crippen molar-refractivity contribution in [2.75, 3.05) is 0 Å². The van der Waals surface area contributed by atoms with Crippen LogP contribution in [0.4, 0.5) is 0 Å². The predicted molar refractivity (Wildman–Crippen MR) is 60.4 cm³/mol. The van der Waals surface area contributed by atoms with E-state index in [1.807, 2.05) is 0 Å². The number of H-pyrrole nitrogens is 1. The lowest BCUT2D eigenvalue weighted by Crippen LogP contribution is -2.05. The number of nitrogens with two attached hydrogens (primary N) is 1. The molecular formula is C10H14ClN3O. The van der Waals surface area contributed by atoms with E-state index in [0.717, 1.165) is 25.1 Å². The number of hydrogen-bond acceptors (Lipinski definition) is 2. The number of aromatic nitrogens is 2. The molecule has 0 aliphatic heterocycles. The van der Waals surface area contributed by atoms with E-state index >= 15 is 0 Å². The number of primary amides is 1. The summed E-state index contributed by atoms with van der Waals surface area (Å²) >= 11 is 5.89. The molecule has 15 heavy (non-hydrogen) atoms. The molecule has 1 aromatic rings. The van der Waals surface area contributed by atoms with Gasteiger partial charge in [-0.05, 0) is 12.5 Å². The van der Waals surface area contributed by atoms with Gasteiger partial charge in [-0.1, -0.05) is 24.9 Å². The number of amides is 1. The molecule has 1 amide bonds. The summed E-state index contributed by atoms with van der Waals surface area (Å²) in [4.78, 5) is 17.7. The van der Waals surface area contributed by atoms with Gasteiger partial charge in [-0.15, -0.1) is 0 Å². The van der Waals surface area contributed by atoms with E-state index in [0.29, 0.717) is 10.8 Å². The van der Waals surface area contributed by atoms with Gasteiger partial charge in [-0.25, -0.2) is 4.98 Å². The number of hydrogen-bond donors (Lipinski definition) is 2. The minimum Gasteiger partial charge on any atom is -0.366 e. The number of aromatic amines is 1. The highest BCUT2D eigenvalue weighted by Crippen LogP contribution is 2.15. The third-order valence-corrected chi connectivity index (χ3v) is 2.20. The first-order chi connectivity index (χ1) is 7.13. The maximum Gasteiger partial charge on any atom is 0.241 e. The van der Waals surface area contributed by atoms with E-state index in [4.69, 9.17) is 17.3 Å². The van der Waals surface area contributed by atoms with Gasteiger partial charge in [0.25, 0.3) is 0 Å². The molecule has 0 bridgehead atoms. The highest BCUT2D eigenvalue weighted by atomic mass is 35.5. The van der Waals surface area contributed by atoms with Crippen LogP contribution in [0.3, 0.4) is 0 Å². The minimum absolute atomic E-state index is 0.443. The number of rotatable bonds is 5. The van der Waals surface area contributed by atoms with Crippen LogP contribution in [0.1, 0.15) is 31.3 Å². The van der Waals surface area contributed by atoms with Gasteiger partial charge >= 0.3 is 0 Å². The molecule has 4 nitrogen and oxygen atoms in total. The van der Waals surface area contributed by atoms with E-state index in [-0.39, 0.29) is 0 Å². The molecule has 0 atom stereocenters. The first kappa shape index (κ1) is 11.8. The zero-order chi connectivity index (χ0) is 11.3. The van der Waals surface area contributed by atoms with Gasteiger partial charge in [0.2, 0.25) is 5.91 Å². The second-order valence-corrected chi connectivity index (χ2v) is 3.60. The third kappa shape index (κ3) is 3.75. The molecule has 1 heterocycles. The van der Waals surface area contributed by atoms with Gasteiger partial charge in [0, 0.05) is 12.5 Å². The number of nitrogens with one attached hydrogen (secondary N) is 1. The molecule has 0 saturated heterocycles. The summed E-state index contributed by atoms with van der Waals surface area (Å²) in [6, 6.07) is 0. The average molecular weight is 228 g/mol. The van der Waals surface area contributed by atoms with Crippen molar-refractivity contribution in [2.24, 2.45) is 5.73 Å². The van der Waals surface area contributed by atoms with Gasteiger partial charge in [-0.2, -0.15) is 0 Å². The van der Waals surface area contributed by atoms with Crippen molar-refractivity contribution in [1.82, 2.24) is 9.97 Å². The van der Waals surface area contributed by atoms with Crippen LogP contribution in [-0.2, 0) is 11.2 Å². The molecule has 5 heteroatoms. The summed E-state index contributed by atoms with van der Waals surface area (Å²) in [6.07, 6.45) is 5.77. The number of halogens is 1. The Bertz CT molecular complexity index is 371. The Morgan fingerprint density at radius 3 is 3.00 bits per heavy atom. The molecule has 1 aromatic heterocycles. The Balaban J connectivity index is 2.72.